The summed E-state index contributed by atoms with van der Waals surface area (Å²) in [5.41, 5.74) is 4.68. The van der Waals surface area contributed by atoms with E-state index in [1.165, 1.54) is 0 Å². The van der Waals surface area contributed by atoms with Crippen molar-refractivity contribution < 1.29 is 4.79 Å². The molecule has 0 saturated carbocycles. The molecule has 0 saturated heterocycles. The second kappa shape index (κ2) is 9.41. The van der Waals surface area contributed by atoms with E-state index < -0.39 is 0 Å². The number of para-hydroxylation sites is 1. The summed E-state index contributed by atoms with van der Waals surface area (Å²) < 4.78 is 1.74. The number of aromatic nitrogens is 5. The SMILES string of the molecule is CCn1nccc1NC(=O)c1ccccc1Nc1ccc2c(/C=C/c3ccccn3)n[nH]c2c1. The van der Waals surface area contributed by atoms with E-state index >= 15 is 0 Å². The molecule has 8 heteroatoms. The zero-order valence-corrected chi connectivity index (χ0v) is 18.6. The predicted octanol–water partition coefficient (Wildman–Crippen LogP) is 5.34. The third kappa shape index (κ3) is 4.42. The Kier molecular flexibility index (Phi) is 5.85. The Morgan fingerprint density at radius 2 is 1.91 bits per heavy atom. The Balaban J connectivity index is 1.36. The summed E-state index contributed by atoms with van der Waals surface area (Å²) in [7, 11) is 0. The quantitative estimate of drug-likeness (QED) is 0.311. The van der Waals surface area contributed by atoms with Gasteiger partial charge in [-0.1, -0.05) is 18.2 Å². The molecule has 3 N–H and O–H groups in total. The number of aromatic amines is 1. The van der Waals surface area contributed by atoms with Gasteiger partial charge < -0.3 is 10.6 Å². The predicted molar refractivity (Wildman–Crippen MR) is 135 cm³/mol. The van der Waals surface area contributed by atoms with Crippen molar-refractivity contribution in [2.75, 3.05) is 10.6 Å². The van der Waals surface area contributed by atoms with Gasteiger partial charge in [-0.15, -0.1) is 0 Å². The molecule has 8 nitrogen and oxygen atoms in total. The van der Waals surface area contributed by atoms with Crippen LogP contribution in [0.25, 0.3) is 23.1 Å². The maximum absolute atomic E-state index is 13.0. The van der Waals surface area contributed by atoms with Crippen molar-refractivity contribution in [1.29, 1.82) is 0 Å². The molecule has 0 bridgehead atoms. The van der Waals surface area contributed by atoms with Crippen molar-refractivity contribution in [3.05, 3.63) is 96.1 Å². The minimum Gasteiger partial charge on any atom is -0.355 e. The summed E-state index contributed by atoms with van der Waals surface area (Å²) in [6.45, 7) is 2.65. The van der Waals surface area contributed by atoms with Gasteiger partial charge in [-0.2, -0.15) is 10.2 Å². The summed E-state index contributed by atoms with van der Waals surface area (Å²) >= 11 is 0. The highest BCUT2D eigenvalue weighted by Gasteiger charge is 2.14. The van der Waals surface area contributed by atoms with Crippen LogP contribution in [0.1, 0.15) is 28.7 Å². The lowest BCUT2D eigenvalue weighted by Gasteiger charge is -2.13. The van der Waals surface area contributed by atoms with E-state index in [1.54, 1.807) is 29.2 Å². The molecule has 1 amide bonds. The van der Waals surface area contributed by atoms with Crippen molar-refractivity contribution in [1.82, 2.24) is 25.0 Å². The number of nitrogens with zero attached hydrogens (tertiary/aromatic N) is 4. The van der Waals surface area contributed by atoms with E-state index in [0.29, 0.717) is 23.6 Å². The monoisotopic (exact) mass is 449 g/mol. The molecule has 0 spiro atoms. The standard InChI is InChI=1S/C26H23N7O/c1-2-33-25(14-16-28-33)30-26(34)21-8-3-4-9-22(21)29-19-10-12-20-23(31-32-24(20)17-19)13-11-18-7-5-6-15-27-18/h3-17,29H,2H2,1H3,(H,30,34)(H,31,32)/b13-11+. The third-order valence-electron chi connectivity index (χ3n) is 5.40. The molecular formula is C26H23N7O. The van der Waals surface area contributed by atoms with Crippen molar-refractivity contribution in [2.45, 2.75) is 13.5 Å². The first-order valence-corrected chi connectivity index (χ1v) is 11.0. The van der Waals surface area contributed by atoms with Gasteiger partial charge in [0.15, 0.2) is 0 Å². The molecule has 2 aromatic carbocycles. The normalized spacial score (nSPS) is 11.2. The van der Waals surface area contributed by atoms with Crippen LogP contribution < -0.4 is 10.6 Å². The Morgan fingerprint density at radius 1 is 1.03 bits per heavy atom. The first-order chi connectivity index (χ1) is 16.7. The lowest BCUT2D eigenvalue weighted by Crippen LogP contribution is -2.16. The minimum absolute atomic E-state index is 0.206. The topological polar surface area (TPSA) is 101 Å². The lowest BCUT2D eigenvalue weighted by molar-refractivity contribution is 0.102. The molecule has 0 fully saturated rings. The maximum atomic E-state index is 13.0. The van der Waals surface area contributed by atoms with E-state index in [2.05, 4.69) is 30.9 Å². The highest BCUT2D eigenvalue weighted by molar-refractivity contribution is 6.08. The smallest absolute Gasteiger partial charge is 0.258 e. The number of carbonyl (C=O) groups is 1. The summed E-state index contributed by atoms with van der Waals surface area (Å²) in [5, 5.41) is 19.0. The number of aryl methyl sites for hydroxylation is 1. The Morgan fingerprint density at radius 3 is 2.76 bits per heavy atom. The first kappa shape index (κ1) is 21.1. The number of amides is 1. The van der Waals surface area contributed by atoms with Crippen LogP contribution >= 0.6 is 0 Å². The lowest BCUT2D eigenvalue weighted by atomic mass is 10.1. The third-order valence-corrected chi connectivity index (χ3v) is 5.40. The van der Waals surface area contributed by atoms with Crippen LogP contribution in [0.2, 0.25) is 0 Å². The molecular weight excluding hydrogens is 426 g/mol. The van der Waals surface area contributed by atoms with Gasteiger partial charge in [0.1, 0.15) is 5.82 Å². The zero-order valence-electron chi connectivity index (χ0n) is 18.6. The van der Waals surface area contributed by atoms with E-state index in [0.717, 1.165) is 28.0 Å². The molecule has 0 unspecified atom stereocenters. The number of H-pyrrole nitrogens is 1. The van der Waals surface area contributed by atoms with E-state index in [9.17, 15) is 4.79 Å². The number of benzene rings is 2. The fourth-order valence-electron chi connectivity index (χ4n) is 3.70. The van der Waals surface area contributed by atoms with Crippen LogP contribution in [0.4, 0.5) is 17.2 Å². The van der Waals surface area contributed by atoms with Crippen LogP contribution in [-0.4, -0.2) is 30.9 Å². The van der Waals surface area contributed by atoms with Crippen LogP contribution in [-0.2, 0) is 6.54 Å². The Labute approximate surface area is 196 Å². The number of fused-ring (bicyclic) bond motifs is 1. The second-order valence-electron chi connectivity index (χ2n) is 7.61. The summed E-state index contributed by atoms with van der Waals surface area (Å²) in [4.78, 5) is 17.3. The van der Waals surface area contributed by atoms with Gasteiger partial charge in [0.2, 0.25) is 0 Å². The molecule has 0 atom stereocenters. The molecule has 5 rings (SSSR count). The largest absolute Gasteiger partial charge is 0.355 e. The summed E-state index contributed by atoms with van der Waals surface area (Å²) in [6, 6.07) is 20.9. The van der Waals surface area contributed by atoms with E-state index in [-0.39, 0.29) is 5.91 Å². The van der Waals surface area contributed by atoms with Crippen molar-refractivity contribution >= 4 is 46.2 Å². The molecule has 0 aliphatic heterocycles. The maximum Gasteiger partial charge on any atom is 0.258 e. The number of carbonyl (C=O) groups excluding carboxylic acids is 1. The fourth-order valence-corrected chi connectivity index (χ4v) is 3.70. The first-order valence-electron chi connectivity index (χ1n) is 11.0. The van der Waals surface area contributed by atoms with Gasteiger partial charge >= 0.3 is 0 Å². The average molecular weight is 450 g/mol. The molecule has 34 heavy (non-hydrogen) atoms. The number of hydrogen-bond donors (Lipinski definition) is 3. The highest BCUT2D eigenvalue weighted by atomic mass is 16.1. The molecule has 168 valence electrons. The van der Waals surface area contributed by atoms with Gasteiger partial charge in [0.05, 0.1) is 34.4 Å². The van der Waals surface area contributed by atoms with Crippen LogP contribution in [0.15, 0.2) is 79.1 Å². The molecule has 3 heterocycles. The Hall–Kier alpha value is -4.72. The van der Waals surface area contributed by atoms with Crippen LogP contribution in [0.3, 0.4) is 0 Å². The number of rotatable bonds is 7. The fraction of sp³-hybridized carbons (Fsp3) is 0.0769. The molecule has 0 aliphatic rings. The molecule has 5 aromatic rings. The summed E-state index contributed by atoms with van der Waals surface area (Å²) in [6.07, 6.45) is 7.30. The van der Waals surface area contributed by atoms with Crippen molar-refractivity contribution in [2.24, 2.45) is 0 Å². The molecule has 0 aliphatic carbocycles. The molecule has 3 aromatic heterocycles. The van der Waals surface area contributed by atoms with Gasteiger partial charge in [-0.25, -0.2) is 4.68 Å². The van der Waals surface area contributed by atoms with Crippen LogP contribution in [0.5, 0.6) is 0 Å². The van der Waals surface area contributed by atoms with Crippen LogP contribution in [0, 0.1) is 0 Å². The second-order valence-corrected chi connectivity index (χ2v) is 7.61. The highest BCUT2D eigenvalue weighted by Crippen LogP contribution is 2.26. The Bertz CT molecular complexity index is 1470. The molecule has 0 radical (unpaired) electrons. The van der Waals surface area contributed by atoms with E-state index in [4.69, 9.17) is 0 Å². The number of nitrogens with one attached hydrogen (secondary N) is 3. The number of pyridine rings is 1. The van der Waals surface area contributed by atoms with E-state index in [1.807, 2.05) is 73.7 Å². The average Bonchev–Trinajstić information content (AvgIpc) is 3.49. The minimum atomic E-state index is -0.206. The van der Waals surface area contributed by atoms with Gasteiger partial charge in [-0.3, -0.25) is 14.9 Å². The van der Waals surface area contributed by atoms with Gasteiger partial charge in [0, 0.05) is 29.9 Å². The van der Waals surface area contributed by atoms with Gasteiger partial charge in [-0.05, 0) is 61.5 Å². The van der Waals surface area contributed by atoms with Crippen molar-refractivity contribution in [3.63, 3.8) is 0 Å². The van der Waals surface area contributed by atoms with Gasteiger partial charge in [0.25, 0.3) is 5.91 Å². The zero-order chi connectivity index (χ0) is 23.3. The number of anilines is 3. The van der Waals surface area contributed by atoms with Crippen molar-refractivity contribution in [3.8, 4) is 0 Å². The number of hydrogen-bond acceptors (Lipinski definition) is 5. The summed E-state index contributed by atoms with van der Waals surface area (Å²) in [5.74, 6) is 0.454.